The molecule has 5 nitrogen and oxygen atoms in total. The Bertz CT molecular complexity index is 674. The summed E-state index contributed by atoms with van der Waals surface area (Å²) in [4.78, 5) is 4.12. The number of hydrogen-bond acceptors (Lipinski definition) is 3. The average molecular weight is 353 g/mol. The van der Waals surface area contributed by atoms with E-state index in [-0.39, 0.29) is 11.7 Å². The van der Waals surface area contributed by atoms with E-state index in [4.69, 9.17) is 10.5 Å². The molecule has 8 heteroatoms. The second kappa shape index (κ2) is 8.81. The van der Waals surface area contributed by atoms with Gasteiger partial charge in [0.2, 0.25) is 0 Å². The van der Waals surface area contributed by atoms with Crippen molar-refractivity contribution in [3.63, 3.8) is 0 Å². The Balaban J connectivity index is 1.71. The summed E-state index contributed by atoms with van der Waals surface area (Å²) >= 11 is 0. The molecule has 0 saturated heterocycles. The van der Waals surface area contributed by atoms with Crippen LogP contribution in [0.5, 0.6) is 11.5 Å². The molecule has 0 atom stereocenters. The van der Waals surface area contributed by atoms with Crippen LogP contribution in [0.15, 0.2) is 59.6 Å². The minimum absolute atomic E-state index is 0.171. The Morgan fingerprint density at radius 3 is 2.32 bits per heavy atom. The second-order valence-corrected chi connectivity index (χ2v) is 4.98. The molecule has 0 fully saturated rings. The number of alkyl halides is 3. The lowest BCUT2D eigenvalue weighted by molar-refractivity contribution is -0.274. The van der Waals surface area contributed by atoms with Crippen LogP contribution in [0.2, 0.25) is 0 Å². The molecule has 134 valence electrons. The van der Waals surface area contributed by atoms with E-state index < -0.39 is 6.36 Å². The third-order valence-corrected chi connectivity index (χ3v) is 2.96. The largest absolute Gasteiger partial charge is 0.573 e. The molecule has 0 spiro atoms. The number of nitrogens with one attached hydrogen (secondary N) is 1. The lowest BCUT2D eigenvalue weighted by Crippen LogP contribution is -2.23. The number of aliphatic imine (C=N–C) groups is 1. The molecule has 0 radical (unpaired) electrons. The van der Waals surface area contributed by atoms with Gasteiger partial charge in [0, 0.05) is 18.7 Å². The van der Waals surface area contributed by atoms with E-state index >= 15 is 0 Å². The minimum Gasteiger partial charge on any atom is -0.494 e. The smallest absolute Gasteiger partial charge is 0.494 e. The molecule has 0 aliphatic rings. The third kappa shape index (κ3) is 7.47. The predicted octanol–water partition coefficient (Wildman–Crippen LogP) is 3.78. The highest BCUT2D eigenvalue weighted by Gasteiger charge is 2.30. The highest BCUT2D eigenvalue weighted by atomic mass is 19.4. The fourth-order valence-electron chi connectivity index (χ4n) is 1.90. The van der Waals surface area contributed by atoms with Crippen molar-refractivity contribution in [1.82, 2.24) is 0 Å². The lowest BCUT2D eigenvalue weighted by Gasteiger charge is -2.10. The Kier molecular flexibility index (Phi) is 6.50. The number of benzene rings is 2. The number of hydrogen-bond donors (Lipinski definition) is 2. The number of nitrogens with two attached hydrogens (primary N) is 1. The van der Waals surface area contributed by atoms with Gasteiger partial charge in [-0.15, -0.1) is 13.2 Å². The molecule has 3 N–H and O–H groups in total. The van der Waals surface area contributed by atoms with Gasteiger partial charge in [-0.1, -0.05) is 18.2 Å². The standard InChI is InChI=1S/C17H18F3N3O2/c18-17(19,20)25-15-9-7-13(8-10-15)23-16(21)22-11-4-12-24-14-5-2-1-3-6-14/h1-3,5-10H,4,11-12H2,(H3,21,22,23). The average Bonchev–Trinajstić information content (AvgIpc) is 2.56. The van der Waals surface area contributed by atoms with Crippen LogP contribution in [0.3, 0.4) is 0 Å². The number of nitrogens with zero attached hydrogens (tertiary/aromatic N) is 1. The molecule has 2 rings (SSSR count). The normalized spacial score (nSPS) is 11.9. The molecule has 2 aromatic carbocycles. The molecule has 25 heavy (non-hydrogen) atoms. The molecule has 2 aromatic rings. The second-order valence-electron chi connectivity index (χ2n) is 4.98. The molecule has 0 saturated carbocycles. The molecule has 0 unspecified atom stereocenters. The molecular weight excluding hydrogens is 335 g/mol. The van der Waals surface area contributed by atoms with Gasteiger partial charge in [0.05, 0.1) is 6.61 Å². The zero-order valence-electron chi connectivity index (χ0n) is 13.3. The van der Waals surface area contributed by atoms with Crippen molar-refractivity contribution in [3.8, 4) is 11.5 Å². The van der Waals surface area contributed by atoms with Gasteiger partial charge in [0.25, 0.3) is 0 Å². The van der Waals surface area contributed by atoms with Crippen molar-refractivity contribution in [2.75, 3.05) is 18.5 Å². The third-order valence-electron chi connectivity index (χ3n) is 2.96. The van der Waals surface area contributed by atoms with Gasteiger partial charge in [0.15, 0.2) is 5.96 Å². The van der Waals surface area contributed by atoms with Crippen LogP contribution in [-0.2, 0) is 0 Å². The van der Waals surface area contributed by atoms with Crippen LogP contribution < -0.4 is 20.5 Å². The maximum Gasteiger partial charge on any atom is 0.573 e. The van der Waals surface area contributed by atoms with Gasteiger partial charge in [0.1, 0.15) is 11.5 Å². The van der Waals surface area contributed by atoms with Gasteiger partial charge in [-0.3, -0.25) is 4.99 Å². The van der Waals surface area contributed by atoms with Gasteiger partial charge < -0.3 is 20.5 Å². The first-order valence-electron chi connectivity index (χ1n) is 7.53. The molecule has 0 aromatic heterocycles. The fourth-order valence-corrected chi connectivity index (χ4v) is 1.90. The summed E-state index contributed by atoms with van der Waals surface area (Å²) in [6.45, 7) is 0.963. The minimum atomic E-state index is -4.71. The van der Waals surface area contributed by atoms with Crippen LogP contribution in [0.25, 0.3) is 0 Å². The number of halogens is 3. The van der Waals surface area contributed by atoms with Gasteiger partial charge in [-0.05, 0) is 36.4 Å². The summed E-state index contributed by atoms with van der Waals surface area (Å²) in [5.41, 5.74) is 6.24. The Hall–Kier alpha value is -2.90. The lowest BCUT2D eigenvalue weighted by atomic mass is 10.3. The molecule has 0 amide bonds. The van der Waals surface area contributed by atoms with E-state index in [1.807, 2.05) is 30.3 Å². The summed E-state index contributed by atoms with van der Waals surface area (Å²) in [7, 11) is 0. The summed E-state index contributed by atoms with van der Waals surface area (Å²) < 4.78 is 45.5. The van der Waals surface area contributed by atoms with Gasteiger partial charge >= 0.3 is 6.36 Å². The van der Waals surface area contributed by atoms with Crippen molar-refractivity contribution in [1.29, 1.82) is 0 Å². The van der Waals surface area contributed by atoms with Crippen LogP contribution >= 0.6 is 0 Å². The summed E-state index contributed by atoms with van der Waals surface area (Å²) in [6.07, 6.45) is -4.03. The predicted molar refractivity (Wildman–Crippen MR) is 89.8 cm³/mol. The molecule has 0 heterocycles. The van der Waals surface area contributed by atoms with E-state index in [9.17, 15) is 13.2 Å². The van der Waals surface area contributed by atoms with E-state index in [0.717, 1.165) is 5.75 Å². The summed E-state index contributed by atoms with van der Waals surface area (Å²) in [5, 5.41) is 2.79. The Morgan fingerprint density at radius 1 is 1.00 bits per heavy atom. The summed E-state index contributed by atoms with van der Waals surface area (Å²) in [6, 6.07) is 14.6. The van der Waals surface area contributed by atoms with E-state index in [1.165, 1.54) is 24.3 Å². The van der Waals surface area contributed by atoms with Crippen LogP contribution in [0, 0.1) is 0 Å². The van der Waals surface area contributed by atoms with Crippen LogP contribution in [-0.4, -0.2) is 25.5 Å². The first-order valence-corrected chi connectivity index (χ1v) is 7.53. The van der Waals surface area contributed by atoms with Crippen LogP contribution in [0.1, 0.15) is 6.42 Å². The SMILES string of the molecule is NC(=NCCCOc1ccccc1)Nc1ccc(OC(F)(F)F)cc1. The molecule has 0 bridgehead atoms. The number of guanidine groups is 1. The van der Waals surface area contributed by atoms with Gasteiger partial charge in [-0.25, -0.2) is 0 Å². The fraction of sp³-hybridized carbons (Fsp3) is 0.235. The van der Waals surface area contributed by atoms with E-state index in [2.05, 4.69) is 15.0 Å². The number of anilines is 1. The van der Waals surface area contributed by atoms with Crippen molar-refractivity contribution in [2.45, 2.75) is 12.8 Å². The van der Waals surface area contributed by atoms with Crippen molar-refractivity contribution >= 4 is 11.6 Å². The molecule has 0 aliphatic carbocycles. The molecular formula is C17H18F3N3O2. The zero-order chi connectivity index (χ0) is 18.1. The molecule has 0 aliphatic heterocycles. The monoisotopic (exact) mass is 353 g/mol. The van der Waals surface area contributed by atoms with E-state index in [1.54, 1.807) is 0 Å². The van der Waals surface area contributed by atoms with E-state index in [0.29, 0.717) is 25.3 Å². The Morgan fingerprint density at radius 2 is 1.68 bits per heavy atom. The van der Waals surface area contributed by atoms with Crippen molar-refractivity contribution in [3.05, 3.63) is 54.6 Å². The first kappa shape index (κ1) is 18.4. The quantitative estimate of drug-likeness (QED) is 0.452. The van der Waals surface area contributed by atoms with Crippen LogP contribution in [0.4, 0.5) is 18.9 Å². The van der Waals surface area contributed by atoms with Crippen molar-refractivity contribution in [2.24, 2.45) is 10.7 Å². The Labute approximate surface area is 143 Å². The van der Waals surface area contributed by atoms with Crippen molar-refractivity contribution < 1.29 is 22.6 Å². The highest BCUT2D eigenvalue weighted by molar-refractivity contribution is 5.92. The number of para-hydroxylation sites is 1. The van der Waals surface area contributed by atoms with Gasteiger partial charge in [-0.2, -0.15) is 0 Å². The highest BCUT2D eigenvalue weighted by Crippen LogP contribution is 2.23. The topological polar surface area (TPSA) is 68.9 Å². The maximum atomic E-state index is 12.1. The summed E-state index contributed by atoms with van der Waals surface area (Å²) in [5.74, 6) is 0.662. The number of ether oxygens (including phenoxy) is 2. The number of rotatable bonds is 7. The zero-order valence-corrected chi connectivity index (χ0v) is 13.3. The maximum absolute atomic E-state index is 12.1. The first-order chi connectivity index (χ1) is 11.9.